The summed E-state index contributed by atoms with van der Waals surface area (Å²) in [6, 6.07) is 9.98. The minimum atomic E-state index is 0.500. The van der Waals surface area contributed by atoms with Gasteiger partial charge in [0.1, 0.15) is 5.82 Å². The number of nitrogen functional groups attached to an aromatic ring is 1. The highest BCUT2D eigenvalue weighted by atomic mass is 79.9. The molecule has 100 valence electrons. The van der Waals surface area contributed by atoms with Crippen molar-refractivity contribution >= 4 is 21.7 Å². The van der Waals surface area contributed by atoms with Crippen LogP contribution in [0.4, 0.5) is 5.82 Å². The van der Waals surface area contributed by atoms with Gasteiger partial charge in [-0.1, -0.05) is 22.0 Å². The largest absolute Gasteiger partial charge is 0.384 e. The summed E-state index contributed by atoms with van der Waals surface area (Å²) in [5.74, 6) is 0.500. The number of nitrogens with zero attached hydrogens (tertiary/aromatic N) is 3. The number of aryl methyl sites for hydroxylation is 1. The number of pyridine rings is 1. The molecule has 0 aliphatic heterocycles. The predicted molar refractivity (Wildman–Crippen MR) is 83.6 cm³/mol. The van der Waals surface area contributed by atoms with Crippen molar-refractivity contribution in [3.05, 3.63) is 59.1 Å². The molecule has 1 aromatic carbocycles. The quantitative estimate of drug-likeness (QED) is 0.782. The molecule has 3 aromatic rings. The average Bonchev–Trinajstić information content (AvgIpc) is 2.91. The van der Waals surface area contributed by atoms with E-state index < -0.39 is 0 Å². The van der Waals surface area contributed by atoms with Crippen LogP contribution in [0.5, 0.6) is 0 Å². The molecule has 0 saturated carbocycles. The van der Waals surface area contributed by atoms with E-state index in [4.69, 9.17) is 5.73 Å². The van der Waals surface area contributed by atoms with E-state index in [1.54, 1.807) is 12.5 Å². The van der Waals surface area contributed by atoms with Gasteiger partial charge >= 0.3 is 0 Å². The molecule has 20 heavy (non-hydrogen) atoms. The zero-order chi connectivity index (χ0) is 14.1. The molecule has 0 unspecified atom stereocenters. The number of imidazole rings is 1. The highest BCUT2D eigenvalue weighted by Crippen LogP contribution is 2.26. The number of rotatable bonds is 2. The Morgan fingerprint density at radius 1 is 1.20 bits per heavy atom. The lowest BCUT2D eigenvalue weighted by molar-refractivity contribution is 1.06. The molecule has 0 fully saturated rings. The predicted octanol–water partition coefficient (Wildman–Crippen LogP) is 3.59. The third kappa shape index (κ3) is 2.32. The van der Waals surface area contributed by atoms with Gasteiger partial charge in [-0.2, -0.15) is 0 Å². The van der Waals surface area contributed by atoms with Crippen molar-refractivity contribution in [1.29, 1.82) is 0 Å². The fourth-order valence-electron chi connectivity index (χ4n) is 2.05. The second-order valence-electron chi connectivity index (χ2n) is 4.55. The summed E-state index contributed by atoms with van der Waals surface area (Å²) in [6.07, 6.45) is 5.32. The molecule has 0 aliphatic rings. The first-order valence-electron chi connectivity index (χ1n) is 6.16. The van der Waals surface area contributed by atoms with Crippen molar-refractivity contribution < 1.29 is 0 Å². The maximum Gasteiger partial charge on any atom is 0.123 e. The Bertz CT molecular complexity index is 764. The highest BCUT2D eigenvalue weighted by Gasteiger charge is 2.08. The average molecular weight is 329 g/mol. The second kappa shape index (κ2) is 5.09. The summed E-state index contributed by atoms with van der Waals surface area (Å²) in [5.41, 5.74) is 9.97. The van der Waals surface area contributed by atoms with Crippen LogP contribution in [-0.2, 0) is 0 Å². The Labute approximate surface area is 125 Å². The van der Waals surface area contributed by atoms with Gasteiger partial charge in [0.15, 0.2) is 0 Å². The summed E-state index contributed by atoms with van der Waals surface area (Å²) in [7, 11) is 0. The number of hydrogen-bond acceptors (Lipinski definition) is 3. The molecule has 0 saturated heterocycles. The molecule has 0 radical (unpaired) electrons. The molecular formula is C15H13BrN4. The van der Waals surface area contributed by atoms with Crippen LogP contribution in [0.2, 0.25) is 0 Å². The van der Waals surface area contributed by atoms with Gasteiger partial charge in [0.2, 0.25) is 0 Å². The molecular weight excluding hydrogens is 316 g/mol. The van der Waals surface area contributed by atoms with Gasteiger partial charge in [-0.05, 0) is 36.8 Å². The summed E-state index contributed by atoms with van der Waals surface area (Å²) in [6.45, 7) is 2.06. The van der Waals surface area contributed by atoms with E-state index >= 15 is 0 Å². The molecule has 2 aromatic heterocycles. The van der Waals surface area contributed by atoms with Crippen LogP contribution in [0.3, 0.4) is 0 Å². The lowest BCUT2D eigenvalue weighted by Gasteiger charge is -2.10. The highest BCUT2D eigenvalue weighted by molar-refractivity contribution is 9.10. The van der Waals surface area contributed by atoms with Gasteiger partial charge in [-0.25, -0.2) is 9.97 Å². The fourth-order valence-corrected chi connectivity index (χ4v) is 2.42. The molecule has 2 heterocycles. The van der Waals surface area contributed by atoms with Gasteiger partial charge < -0.3 is 5.73 Å². The van der Waals surface area contributed by atoms with Crippen LogP contribution < -0.4 is 5.73 Å². The van der Waals surface area contributed by atoms with Gasteiger partial charge in [-0.3, -0.25) is 4.57 Å². The molecule has 2 N–H and O–H groups in total. The number of anilines is 1. The number of nitrogens with two attached hydrogens (primary N) is 1. The molecule has 3 rings (SSSR count). The first-order chi connectivity index (χ1) is 9.65. The van der Waals surface area contributed by atoms with Crippen LogP contribution in [-0.4, -0.2) is 14.5 Å². The van der Waals surface area contributed by atoms with Crippen molar-refractivity contribution in [3.8, 4) is 16.9 Å². The second-order valence-corrected chi connectivity index (χ2v) is 5.41. The number of halogens is 1. The van der Waals surface area contributed by atoms with Gasteiger partial charge in [-0.15, -0.1) is 0 Å². The van der Waals surface area contributed by atoms with E-state index in [0.717, 1.165) is 21.4 Å². The standard InChI is InChI=1S/C15H13BrN4/c1-10-2-3-12(7-13(10)16)20-9-18-8-14(20)11-4-5-19-15(17)6-11/h2-9H,1H3,(H2,17,19). The lowest BCUT2D eigenvalue weighted by atomic mass is 10.2. The smallest absolute Gasteiger partial charge is 0.123 e. The van der Waals surface area contributed by atoms with Crippen molar-refractivity contribution in [2.45, 2.75) is 6.92 Å². The van der Waals surface area contributed by atoms with E-state index in [1.165, 1.54) is 5.56 Å². The summed E-state index contributed by atoms with van der Waals surface area (Å²) < 4.78 is 3.10. The first-order valence-corrected chi connectivity index (χ1v) is 6.95. The SMILES string of the molecule is Cc1ccc(-n2cncc2-c2ccnc(N)c2)cc1Br. The maximum atomic E-state index is 5.75. The van der Waals surface area contributed by atoms with E-state index in [0.29, 0.717) is 5.82 Å². The molecule has 0 aliphatic carbocycles. The Hall–Kier alpha value is -2.14. The molecule has 0 atom stereocenters. The number of benzene rings is 1. The molecule has 5 heteroatoms. The van der Waals surface area contributed by atoms with Crippen molar-refractivity contribution in [1.82, 2.24) is 14.5 Å². The van der Waals surface area contributed by atoms with Crippen LogP contribution in [0.25, 0.3) is 16.9 Å². The van der Waals surface area contributed by atoms with E-state index in [1.807, 2.05) is 22.9 Å². The first kappa shape index (κ1) is 12.9. The lowest BCUT2D eigenvalue weighted by Crippen LogP contribution is -1.97. The van der Waals surface area contributed by atoms with Gasteiger partial charge in [0, 0.05) is 21.9 Å². The Kier molecular flexibility index (Phi) is 3.28. The van der Waals surface area contributed by atoms with E-state index in [-0.39, 0.29) is 0 Å². The Morgan fingerprint density at radius 3 is 2.80 bits per heavy atom. The maximum absolute atomic E-state index is 5.75. The van der Waals surface area contributed by atoms with Gasteiger partial charge in [0.05, 0.1) is 18.2 Å². The fraction of sp³-hybridized carbons (Fsp3) is 0.0667. The molecule has 0 bridgehead atoms. The third-order valence-electron chi connectivity index (χ3n) is 3.15. The zero-order valence-corrected chi connectivity index (χ0v) is 12.5. The summed E-state index contributed by atoms with van der Waals surface area (Å²) in [4.78, 5) is 8.26. The van der Waals surface area contributed by atoms with Crippen molar-refractivity contribution in [2.75, 3.05) is 5.73 Å². The number of aromatic nitrogens is 3. The number of hydrogen-bond donors (Lipinski definition) is 1. The van der Waals surface area contributed by atoms with Crippen molar-refractivity contribution in [2.24, 2.45) is 0 Å². The Balaban J connectivity index is 2.12. The van der Waals surface area contributed by atoms with Crippen molar-refractivity contribution in [3.63, 3.8) is 0 Å². The van der Waals surface area contributed by atoms with Crippen LogP contribution in [0.1, 0.15) is 5.56 Å². The monoisotopic (exact) mass is 328 g/mol. The van der Waals surface area contributed by atoms with E-state index in [2.05, 4.69) is 51.0 Å². The minimum absolute atomic E-state index is 0.500. The van der Waals surface area contributed by atoms with Crippen LogP contribution in [0, 0.1) is 6.92 Å². The van der Waals surface area contributed by atoms with Crippen LogP contribution in [0.15, 0.2) is 53.5 Å². The zero-order valence-electron chi connectivity index (χ0n) is 10.9. The molecule has 4 nitrogen and oxygen atoms in total. The summed E-state index contributed by atoms with van der Waals surface area (Å²) in [5, 5.41) is 0. The minimum Gasteiger partial charge on any atom is -0.384 e. The van der Waals surface area contributed by atoms with Gasteiger partial charge in [0.25, 0.3) is 0 Å². The topological polar surface area (TPSA) is 56.7 Å². The molecule has 0 spiro atoms. The van der Waals surface area contributed by atoms with E-state index in [9.17, 15) is 0 Å². The molecule has 0 amide bonds. The normalized spacial score (nSPS) is 10.7. The Morgan fingerprint density at radius 2 is 2.05 bits per heavy atom. The summed E-state index contributed by atoms with van der Waals surface area (Å²) >= 11 is 3.56. The third-order valence-corrected chi connectivity index (χ3v) is 4.00. The van der Waals surface area contributed by atoms with Crippen LogP contribution >= 0.6 is 15.9 Å².